The Balaban J connectivity index is 1.97. The van der Waals surface area contributed by atoms with E-state index in [0.717, 1.165) is 36.5 Å². The average Bonchev–Trinajstić information content (AvgIpc) is 3.07. The molecular formula is C13H21N3O. The molecule has 2 rings (SSSR count). The van der Waals surface area contributed by atoms with Crippen LogP contribution >= 0.6 is 0 Å². The van der Waals surface area contributed by atoms with Crippen molar-refractivity contribution >= 4 is 0 Å². The molecule has 1 aromatic rings. The number of nitrogens with one attached hydrogen (secondary N) is 1. The van der Waals surface area contributed by atoms with Gasteiger partial charge in [-0.15, -0.1) is 0 Å². The van der Waals surface area contributed by atoms with Crippen LogP contribution in [0, 0.1) is 19.3 Å². The minimum atomic E-state index is 0.147. The first kappa shape index (κ1) is 12.5. The van der Waals surface area contributed by atoms with E-state index in [-0.39, 0.29) is 18.1 Å². The number of aromatic nitrogens is 2. The summed E-state index contributed by atoms with van der Waals surface area (Å²) in [6.45, 7) is 7.20. The van der Waals surface area contributed by atoms with Crippen molar-refractivity contribution in [2.24, 2.45) is 5.41 Å². The SMILES string of the molecule is Cc1ncc(C(C)NCC2(CO)CC2)c(C)n1. The van der Waals surface area contributed by atoms with Crippen molar-refractivity contribution in [1.82, 2.24) is 15.3 Å². The van der Waals surface area contributed by atoms with Crippen LogP contribution in [0.3, 0.4) is 0 Å². The molecule has 0 aliphatic heterocycles. The molecule has 1 unspecified atom stereocenters. The van der Waals surface area contributed by atoms with E-state index in [9.17, 15) is 5.11 Å². The van der Waals surface area contributed by atoms with Gasteiger partial charge in [0.1, 0.15) is 5.82 Å². The van der Waals surface area contributed by atoms with Crippen molar-refractivity contribution in [1.29, 1.82) is 0 Å². The minimum Gasteiger partial charge on any atom is -0.396 e. The Hall–Kier alpha value is -1.00. The summed E-state index contributed by atoms with van der Waals surface area (Å²) >= 11 is 0. The van der Waals surface area contributed by atoms with Gasteiger partial charge >= 0.3 is 0 Å². The maximum atomic E-state index is 9.27. The van der Waals surface area contributed by atoms with Gasteiger partial charge in [0.25, 0.3) is 0 Å². The Labute approximate surface area is 102 Å². The molecule has 0 spiro atoms. The normalized spacial score (nSPS) is 19.1. The second-order valence-electron chi connectivity index (χ2n) is 5.22. The van der Waals surface area contributed by atoms with Crippen LogP contribution < -0.4 is 5.32 Å². The Bertz CT molecular complexity index is 402. The molecule has 0 saturated heterocycles. The summed E-state index contributed by atoms with van der Waals surface area (Å²) in [5, 5.41) is 12.7. The third kappa shape index (κ3) is 2.82. The second-order valence-corrected chi connectivity index (χ2v) is 5.22. The van der Waals surface area contributed by atoms with Crippen molar-refractivity contribution in [3.05, 3.63) is 23.3 Å². The number of aryl methyl sites for hydroxylation is 2. The molecular weight excluding hydrogens is 214 g/mol. The lowest BCUT2D eigenvalue weighted by Gasteiger charge is -2.19. The highest BCUT2D eigenvalue weighted by molar-refractivity contribution is 5.19. The zero-order valence-electron chi connectivity index (χ0n) is 10.8. The first-order valence-corrected chi connectivity index (χ1v) is 6.21. The molecule has 4 heteroatoms. The van der Waals surface area contributed by atoms with E-state index in [1.165, 1.54) is 0 Å². The Morgan fingerprint density at radius 2 is 2.18 bits per heavy atom. The van der Waals surface area contributed by atoms with Gasteiger partial charge in [-0.2, -0.15) is 0 Å². The highest BCUT2D eigenvalue weighted by Gasteiger charge is 2.41. The van der Waals surface area contributed by atoms with Crippen molar-refractivity contribution in [2.45, 2.75) is 39.7 Å². The van der Waals surface area contributed by atoms with E-state index in [2.05, 4.69) is 22.2 Å². The quantitative estimate of drug-likeness (QED) is 0.812. The molecule has 1 saturated carbocycles. The molecule has 2 N–H and O–H groups in total. The van der Waals surface area contributed by atoms with Crippen LogP contribution in [0.15, 0.2) is 6.20 Å². The zero-order valence-corrected chi connectivity index (χ0v) is 10.8. The standard InChI is InChI=1S/C13H21N3O/c1-9(15-7-13(8-17)4-5-13)12-6-14-11(3)16-10(12)2/h6,9,15,17H,4-5,7-8H2,1-3H3. The van der Waals surface area contributed by atoms with Gasteiger partial charge in [0.2, 0.25) is 0 Å². The Morgan fingerprint density at radius 3 is 2.71 bits per heavy atom. The van der Waals surface area contributed by atoms with E-state index in [1.807, 2.05) is 20.0 Å². The van der Waals surface area contributed by atoms with Crippen molar-refractivity contribution < 1.29 is 5.11 Å². The number of aliphatic hydroxyl groups excluding tert-OH is 1. The minimum absolute atomic E-state index is 0.147. The van der Waals surface area contributed by atoms with Crippen LogP contribution in [0.4, 0.5) is 0 Å². The monoisotopic (exact) mass is 235 g/mol. The molecule has 0 bridgehead atoms. The van der Waals surface area contributed by atoms with Gasteiger partial charge in [-0.25, -0.2) is 9.97 Å². The predicted molar refractivity (Wildman–Crippen MR) is 66.7 cm³/mol. The third-order valence-corrected chi connectivity index (χ3v) is 3.68. The van der Waals surface area contributed by atoms with E-state index in [1.54, 1.807) is 0 Å². The molecule has 1 aliphatic rings. The maximum Gasteiger partial charge on any atom is 0.125 e. The number of nitrogens with zero attached hydrogens (tertiary/aromatic N) is 2. The molecule has 17 heavy (non-hydrogen) atoms. The average molecular weight is 235 g/mol. The first-order chi connectivity index (χ1) is 8.06. The molecule has 1 aromatic heterocycles. The number of aliphatic hydroxyl groups is 1. The molecule has 1 aliphatic carbocycles. The fourth-order valence-corrected chi connectivity index (χ4v) is 2.06. The summed E-state index contributed by atoms with van der Waals surface area (Å²) in [7, 11) is 0. The van der Waals surface area contributed by atoms with Crippen LogP contribution in [0.1, 0.15) is 42.9 Å². The van der Waals surface area contributed by atoms with E-state index < -0.39 is 0 Å². The van der Waals surface area contributed by atoms with Crippen LogP contribution in [0.25, 0.3) is 0 Å². The predicted octanol–water partition coefficient (Wildman–Crippen LogP) is 1.52. The third-order valence-electron chi connectivity index (χ3n) is 3.68. The lowest BCUT2D eigenvalue weighted by Crippen LogP contribution is -2.29. The zero-order chi connectivity index (χ0) is 12.5. The highest BCUT2D eigenvalue weighted by Crippen LogP contribution is 2.44. The topological polar surface area (TPSA) is 58.0 Å². The van der Waals surface area contributed by atoms with Gasteiger partial charge in [0.15, 0.2) is 0 Å². The molecule has 0 aromatic carbocycles. The molecule has 1 fully saturated rings. The lowest BCUT2D eigenvalue weighted by molar-refractivity contribution is 0.204. The summed E-state index contributed by atoms with van der Waals surface area (Å²) in [5.41, 5.74) is 2.32. The van der Waals surface area contributed by atoms with E-state index >= 15 is 0 Å². The summed E-state index contributed by atoms with van der Waals surface area (Å²) in [5.74, 6) is 0.812. The summed E-state index contributed by atoms with van der Waals surface area (Å²) in [4.78, 5) is 8.62. The fraction of sp³-hybridized carbons (Fsp3) is 0.692. The fourth-order valence-electron chi connectivity index (χ4n) is 2.06. The molecule has 0 amide bonds. The second kappa shape index (κ2) is 4.70. The van der Waals surface area contributed by atoms with E-state index in [4.69, 9.17) is 0 Å². The van der Waals surface area contributed by atoms with Gasteiger partial charge < -0.3 is 10.4 Å². The van der Waals surface area contributed by atoms with Crippen molar-refractivity contribution in [3.63, 3.8) is 0 Å². The van der Waals surface area contributed by atoms with Gasteiger partial charge in [-0.3, -0.25) is 0 Å². The molecule has 0 radical (unpaired) electrons. The summed E-state index contributed by atoms with van der Waals surface area (Å²) < 4.78 is 0. The van der Waals surface area contributed by atoms with Crippen LogP contribution in [-0.2, 0) is 0 Å². The lowest BCUT2D eigenvalue weighted by atomic mass is 10.1. The smallest absolute Gasteiger partial charge is 0.125 e. The molecule has 94 valence electrons. The van der Waals surface area contributed by atoms with Crippen LogP contribution in [-0.4, -0.2) is 28.2 Å². The Morgan fingerprint density at radius 1 is 1.47 bits per heavy atom. The number of rotatable bonds is 5. The maximum absolute atomic E-state index is 9.27. The molecule has 1 heterocycles. The summed E-state index contributed by atoms with van der Waals surface area (Å²) in [6, 6.07) is 0.236. The van der Waals surface area contributed by atoms with Gasteiger partial charge in [-0.05, 0) is 33.6 Å². The largest absolute Gasteiger partial charge is 0.396 e. The van der Waals surface area contributed by atoms with Crippen LogP contribution in [0.2, 0.25) is 0 Å². The Kier molecular flexibility index (Phi) is 3.45. The van der Waals surface area contributed by atoms with Crippen molar-refractivity contribution in [3.8, 4) is 0 Å². The van der Waals surface area contributed by atoms with Crippen LogP contribution in [0.5, 0.6) is 0 Å². The molecule has 1 atom stereocenters. The van der Waals surface area contributed by atoms with Gasteiger partial charge in [-0.1, -0.05) is 0 Å². The number of hydrogen-bond acceptors (Lipinski definition) is 4. The van der Waals surface area contributed by atoms with Gasteiger partial charge in [0.05, 0.1) is 0 Å². The summed E-state index contributed by atoms with van der Waals surface area (Å²) in [6.07, 6.45) is 4.16. The number of hydrogen-bond donors (Lipinski definition) is 2. The van der Waals surface area contributed by atoms with E-state index in [0.29, 0.717) is 0 Å². The van der Waals surface area contributed by atoms with Crippen molar-refractivity contribution in [2.75, 3.05) is 13.2 Å². The van der Waals surface area contributed by atoms with Gasteiger partial charge in [0, 0.05) is 42.1 Å². The first-order valence-electron chi connectivity index (χ1n) is 6.21. The highest BCUT2D eigenvalue weighted by atomic mass is 16.3. The molecule has 4 nitrogen and oxygen atoms in total.